The van der Waals surface area contributed by atoms with Gasteiger partial charge in [0.05, 0.1) is 32.3 Å². The number of nitrogens with zero attached hydrogens (tertiary/aromatic N) is 4. The second-order valence-corrected chi connectivity index (χ2v) is 7.51. The minimum absolute atomic E-state index is 0.278. The summed E-state index contributed by atoms with van der Waals surface area (Å²) >= 11 is 16.6. The Kier molecular flexibility index (Phi) is 5.43. The number of urea groups is 2. The Bertz CT molecular complexity index is 509. The van der Waals surface area contributed by atoms with Gasteiger partial charge in [-0.1, -0.05) is 0 Å². The third-order valence-corrected chi connectivity index (χ3v) is 5.74. The molecule has 0 atom stereocenters. The number of imide groups is 2. The van der Waals surface area contributed by atoms with E-state index in [2.05, 4.69) is 32.3 Å². The highest BCUT2D eigenvalue weighted by molar-refractivity contribution is 9.08. The Morgan fingerprint density at radius 2 is 1.27 bits per heavy atom. The topological polar surface area (TPSA) is 81.2 Å². The second-order valence-electron chi connectivity index (χ2n) is 5.42. The van der Waals surface area contributed by atoms with Gasteiger partial charge in [-0.15, -0.1) is 0 Å². The Hall–Kier alpha value is -0.580. The van der Waals surface area contributed by atoms with Crippen LogP contribution in [0.25, 0.3) is 0 Å². The van der Waals surface area contributed by atoms with Crippen molar-refractivity contribution in [2.45, 2.75) is 38.8 Å². The number of amides is 6. The van der Waals surface area contributed by atoms with Gasteiger partial charge < -0.3 is 0 Å². The quantitative estimate of drug-likeness (QED) is 0.392. The largest absolute Gasteiger partial charge is 0.357 e. The van der Waals surface area contributed by atoms with Crippen LogP contribution in [0.1, 0.15) is 27.7 Å². The predicted molar refractivity (Wildman–Crippen MR) is 85.9 cm³/mol. The fourth-order valence-electron chi connectivity index (χ4n) is 1.45. The molecule has 2 rings (SSSR count). The number of carbonyl (C=O) groups excluding carboxylic acids is 4. The summed E-state index contributed by atoms with van der Waals surface area (Å²) in [5.74, 6) is -0.793. The Morgan fingerprint density at radius 1 is 0.818 bits per heavy atom. The molecular weight excluding hydrogens is 471 g/mol. The Morgan fingerprint density at radius 3 is 1.36 bits per heavy atom. The van der Waals surface area contributed by atoms with E-state index < -0.39 is 29.0 Å². The summed E-state index contributed by atoms with van der Waals surface area (Å²) in [7, 11) is 0. The minimum atomic E-state index is -1.04. The monoisotopic (exact) mass is 480 g/mol. The van der Waals surface area contributed by atoms with Crippen LogP contribution in [0.15, 0.2) is 0 Å². The zero-order valence-electron chi connectivity index (χ0n) is 11.9. The number of carbonyl (C=O) groups is 4. The van der Waals surface area contributed by atoms with E-state index in [0.717, 1.165) is 8.34 Å². The van der Waals surface area contributed by atoms with E-state index in [1.54, 1.807) is 13.8 Å². The van der Waals surface area contributed by atoms with Gasteiger partial charge in [0.15, 0.2) is 0 Å². The summed E-state index contributed by atoms with van der Waals surface area (Å²) in [6.45, 7) is 6.34. The van der Waals surface area contributed by atoms with E-state index >= 15 is 0 Å². The summed E-state index contributed by atoms with van der Waals surface area (Å²) in [5, 5.41) is 0. The van der Waals surface area contributed by atoms with E-state index in [4.69, 9.17) is 23.6 Å². The van der Waals surface area contributed by atoms with Crippen LogP contribution in [0.2, 0.25) is 0 Å². The van der Waals surface area contributed by atoms with Crippen molar-refractivity contribution in [1.29, 1.82) is 0 Å². The molecule has 0 aromatic carbocycles. The highest BCUT2D eigenvalue weighted by Gasteiger charge is 2.51. The SMILES string of the molecule is CC1(C)C(=O)N(Br)C(=O)N1Br.CC1(C)C(=O)N(Cl)C(=O)N1Cl. The van der Waals surface area contributed by atoms with Crippen LogP contribution < -0.4 is 0 Å². The lowest BCUT2D eigenvalue weighted by atomic mass is 10.1. The number of hydrogen-bond acceptors (Lipinski definition) is 4. The first-order valence-electron chi connectivity index (χ1n) is 5.78. The lowest BCUT2D eigenvalue weighted by Crippen LogP contribution is -2.38. The highest BCUT2D eigenvalue weighted by Crippen LogP contribution is 2.32. The molecule has 8 nitrogen and oxygen atoms in total. The van der Waals surface area contributed by atoms with Gasteiger partial charge in [0.25, 0.3) is 11.8 Å². The molecule has 2 aliphatic rings. The van der Waals surface area contributed by atoms with Gasteiger partial charge in [-0.3, -0.25) is 9.59 Å². The summed E-state index contributed by atoms with van der Waals surface area (Å²) in [6, 6.07) is -1.11. The molecule has 0 aromatic rings. The van der Waals surface area contributed by atoms with Gasteiger partial charge in [-0.25, -0.2) is 17.9 Å². The molecule has 124 valence electrons. The van der Waals surface area contributed by atoms with E-state index in [0.29, 0.717) is 4.42 Å². The highest BCUT2D eigenvalue weighted by atomic mass is 79.9. The van der Waals surface area contributed by atoms with Crippen molar-refractivity contribution < 1.29 is 19.2 Å². The van der Waals surface area contributed by atoms with Gasteiger partial charge in [-0.05, 0) is 27.7 Å². The minimum Gasteiger partial charge on any atom is -0.271 e. The maximum Gasteiger partial charge on any atom is 0.357 e. The fraction of sp³-hybridized carbons (Fsp3) is 0.600. The molecule has 6 amide bonds. The first-order chi connectivity index (χ1) is 9.77. The summed E-state index contributed by atoms with van der Waals surface area (Å²) < 4.78 is 3.37. The maximum atomic E-state index is 11.2. The normalized spacial score (nSPS) is 23.3. The predicted octanol–water partition coefficient (Wildman–Crippen LogP) is 2.99. The van der Waals surface area contributed by atoms with Crippen molar-refractivity contribution >= 4 is 79.7 Å². The summed E-state index contributed by atoms with van der Waals surface area (Å²) in [5.41, 5.74) is -1.85. The average Bonchev–Trinajstić information content (AvgIpc) is 2.67. The van der Waals surface area contributed by atoms with Crippen LogP contribution in [0, 0.1) is 0 Å². The molecule has 0 N–H and O–H groups in total. The average molecular weight is 483 g/mol. The van der Waals surface area contributed by atoms with Gasteiger partial charge in [0.1, 0.15) is 11.1 Å². The van der Waals surface area contributed by atoms with E-state index in [-0.39, 0.29) is 5.91 Å². The molecule has 12 heteroatoms. The lowest BCUT2D eigenvalue weighted by Gasteiger charge is -2.19. The van der Waals surface area contributed by atoms with Crippen LogP contribution in [-0.2, 0) is 9.59 Å². The molecule has 2 aliphatic heterocycles. The van der Waals surface area contributed by atoms with Crippen molar-refractivity contribution in [1.82, 2.24) is 16.7 Å². The van der Waals surface area contributed by atoms with E-state index in [1.807, 2.05) is 0 Å². The fourth-order valence-corrected chi connectivity index (χ4v) is 3.04. The first kappa shape index (κ1) is 19.5. The van der Waals surface area contributed by atoms with Crippen molar-refractivity contribution in [3.05, 3.63) is 0 Å². The standard InChI is InChI=1S/C5H6Br2N2O2.C5H6Cl2N2O2/c2*1-5(2)3(10)8(6)4(11)9(5)7/h2*1-2H3. The number of rotatable bonds is 0. The van der Waals surface area contributed by atoms with E-state index in [9.17, 15) is 19.2 Å². The van der Waals surface area contributed by atoms with Crippen LogP contribution in [0.3, 0.4) is 0 Å². The van der Waals surface area contributed by atoms with E-state index in [1.165, 1.54) is 17.8 Å². The number of halogens is 4. The van der Waals surface area contributed by atoms with Crippen LogP contribution >= 0.6 is 55.8 Å². The zero-order chi connectivity index (χ0) is 17.6. The van der Waals surface area contributed by atoms with Crippen molar-refractivity contribution in [2.24, 2.45) is 0 Å². The molecule has 0 bridgehead atoms. The molecule has 0 aromatic heterocycles. The molecule has 22 heavy (non-hydrogen) atoms. The molecular formula is C10H12Br2Cl2N4O4. The first-order valence-corrected chi connectivity index (χ1v) is 7.88. The summed E-state index contributed by atoms with van der Waals surface area (Å²) in [4.78, 5) is 44.3. The maximum absolute atomic E-state index is 11.2. The van der Waals surface area contributed by atoms with Crippen molar-refractivity contribution in [3.63, 3.8) is 0 Å². The summed E-state index contributed by atoms with van der Waals surface area (Å²) in [6.07, 6.45) is 0. The van der Waals surface area contributed by atoms with Gasteiger partial charge in [-0.2, -0.15) is 8.34 Å². The Balaban J connectivity index is 0.000000220. The van der Waals surface area contributed by atoms with Crippen LogP contribution in [0.5, 0.6) is 0 Å². The molecule has 0 aliphatic carbocycles. The molecule has 0 saturated carbocycles. The second kappa shape index (κ2) is 6.14. The van der Waals surface area contributed by atoms with Crippen LogP contribution in [-0.4, -0.2) is 51.6 Å². The molecule has 0 unspecified atom stereocenters. The smallest absolute Gasteiger partial charge is 0.271 e. The van der Waals surface area contributed by atoms with Crippen molar-refractivity contribution in [2.75, 3.05) is 0 Å². The Labute approximate surface area is 154 Å². The molecule has 2 saturated heterocycles. The lowest BCUT2D eigenvalue weighted by molar-refractivity contribution is -0.128. The van der Waals surface area contributed by atoms with Crippen LogP contribution in [0.4, 0.5) is 9.59 Å². The van der Waals surface area contributed by atoms with Gasteiger partial charge in [0, 0.05) is 23.6 Å². The molecule has 0 spiro atoms. The zero-order valence-corrected chi connectivity index (χ0v) is 16.6. The molecule has 2 heterocycles. The molecule has 0 radical (unpaired) electrons. The van der Waals surface area contributed by atoms with Gasteiger partial charge in [0.2, 0.25) is 0 Å². The molecule has 2 fully saturated rings. The third-order valence-electron chi connectivity index (χ3n) is 3.06. The number of hydrogen-bond donors (Lipinski definition) is 0. The van der Waals surface area contributed by atoms with Crippen molar-refractivity contribution in [3.8, 4) is 0 Å². The third kappa shape index (κ3) is 2.93. The van der Waals surface area contributed by atoms with Gasteiger partial charge >= 0.3 is 12.1 Å².